The lowest BCUT2D eigenvalue weighted by molar-refractivity contribution is -0.159. The van der Waals surface area contributed by atoms with Crippen LogP contribution in [0.25, 0.3) is 17.0 Å². The number of imidazole rings is 1. The number of hydrogen-bond acceptors (Lipinski definition) is 6. The Morgan fingerprint density at radius 2 is 2.00 bits per heavy atom. The average Bonchev–Trinajstić information content (AvgIpc) is 3.18. The fourth-order valence-electron chi connectivity index (χ4n) is 2.05. The van der Waals surface area contributed by atoms with Crippen molar-refractivity contribution in [3.8, 4) is 11.4 Å². The topological polar surface area (TPSA) is 85.7 Å². The summed E-state index contributed by atoms with van der Waals surface area (Å²) in [4.78, 5) is 7.71. The maximum absolute atomic E-state index is 12.6. The van der Waals surface area contributed by atoms with Gasteiger partial charge in [0.25, 0.3) is 0 Å². The van der Waals surface area contributed by atoms with E-state index in [0.717, 1.165) is 0 Å². The third kappa shape index (κ3) is 3.71. The van der Waals surface area contributed by atoms with E-state index in [0.29, 0.717) is 16.9 Å². The van der Waals surface area contributed by atoms with Crippen LogP contribution in [0.2, 0.25) is 0 Å². The zero-order valence-electron chi connectivity index (χ0n) is 14.2. The molecule has 0 saturated heterocycles. The molecule has 7 nitrogen and oxygen atoms in total. The van der Waals surface area contributed by atoms with Gasteiger partial charge in [-0.1, -0.05) is 19.0 Å². The van der Waals surface area contributed by atoms with Gasteiger partial charge in [0.2, 0.25) is 5.82 Å². The molecule has 3 rings (SSSR count). The fraction of sp³-hybridized carbons (Fsp3) is 0.400. The second kappa shape index (κ2) is 6.38. The van der Waals surface area contributed by atoms with E-state index in [1.54, 1.807) is 35.2 Å². The number of pyridine rings is 1. The number of alkyl halides is 3. The van der Waals surface area contributed by atoms with Crippen molar-refractivity contribution in [2.24, 2.45) is 4.36 Å². The Labute approximate surface area is 147 Å². The lowest BCUT2D eigenvalue weighted by atomic mass is 10.3. The summed E-state index contributed by atoms with van der Waals surface area (Å²) in [5.74, 6) is -1.57. The first-order valence-corrected chi connectivity index (χ1v) is 9.60. The molecule has 0 spiro atoms. The van der Waals surface area contributed by atoms with Crippen LogP contribution in [0.3, 0.4) is 0 Å². The van der Waals surface area contributed by atoms with E-state index in [9.17, 15) is 17.4 Å². The van der Waals surface area contributed by atoms with Crippen molar-refractivity contribution in [3.63, 3.8) is 0 Å². The zero-order valence-corrected chi connectivity index (χ0v) is 15.0. The smallest absolute Gasteiger partial charge is 0.329 e. The standard InChI is InChI=1S/C15H16F3N5O2S/c1-9(2)26(3,24)19-6-11-8-23-7-10(4-5-12(23)20-11)13-21-14(25-22-13)15(16,17)18/h4-5,7-9H,6H2,1-3H3. The van der Waals surface area contributed by atoms with Gasteiger partial charge in [0.05, 0.1) is 12.2 Å². The van der Waals surface area contributed by atoms with E-state index >= 15 is 0 Å². The number of aromatic nitrogens is 4. The first-order chi connectivity index (χ1) is 12.1. The minimum Gasteiger partial charge on any atom is -0.329 e. The third-order valence-electron chi connectivity index (χ3n) is 3.79. The van der Waals surface area contributed by atoms with E-state index in [1.807, 2.05) is 13.8 Å². The molecule has 0 amide bonds. The predicted molar refractivity (Wildman–Crippen MR) is 88.8 cm³/mol. The first-order valence-electron chi connectivity index (χ1n) is 7.62. The summed E-state index contributed by atoms with van der Waals surface area (Å²) in [5.41, 5.74) is 1.52. The molecule has 26 heavy (non-hydrogen) atoms. The summed E-state index contributed by atoms with van der Waals surface area (Å²) < 4.78 is 60.1. The highest BCUT2D eigenvalue weighted by Crippen LogP contribution is 2.29. The number of fused-ring (bicyclic) bond motifs is 1. The van der Waals surface area contributed by atoms with Crippen molar-refractivity contribution in [2.75, 3.05) is 6.26 Å². The van der Waals surface area contributed by atoms with E-state index in [-0.39, 0.29) is 17.6 Å². The molecule has 3 heterocycles. The van der Waals surface area contributed by atoms with E-state index in [2.05, 4.69) is 24.0 Å². The molecule has 3 aromatic rings. The van der Waals surface area contributed by atoms with Crippen molar-refractivity contribution in [1.82, 2.24) is 19.5 Å². The summed E-state index contributed by atoms with van der Waals surface area (Å²) in [7, 11) is -2.31. The Morgan fingerprint density at radius 1 is 1.27 bits per heavy atom. The van der Waals surface area contributed by atoms with Gasteiger partial charge < -0.3 is 8.92 Å². The minimum absolute atomic E-state index is 0.0767. The highest BCUT2D eigenvalue weighted by atomic mass is 32.2. The Bertz CT molecular complexity index is 1060. The molecule has 0 fully saturated rings. The molecule has 140 valence electrons. The van der Waals surface area contributed by atoms with Gasteiger partial charge in [-0.05, 0) is 12.1 Å². The molecule has 0 bridgehead atoms. The van der Waals surface area contributed by atoms with Crippen molar-refractivity contribution < 1.29 is 21.9 Å². The van der Waals surface area contributed by atoms with Crippen LogP contribution in [0.4, 0.5) is 13.2 Å². The van der Waals surface area contributed by atoms with Gasteiger partial charge in [-0.3, -0.25) is 0 Å². The second-order valence-corrected chi connectivity index (χ2v) is 8.96. The molecule has 0 aliphatic heterocycles. The number of halogens is 3. The van der Waals surface area contributed by atoms with Crippen molar-refractivity contribution in [1.29, 1.82) is 0 Å². The molecule has 3 aromatic heterocycles. The van der Waals surface area contributed by atoms with Crippen molar-refractivity contribution >= 4 is 15.4 Å². The lowest BCUT2D eigenvalue weighted by Crippen LogP contribution is -2.11. The summed E-state index contributed by atoms with van der Waals surface area (Å²) in [5, 5.41) is 3.28. The zero-order chi connectivity index (χ0) is 19.1. The van der Waals surface area contributed by atoms with Crippen LogP contribution in [-0.2, 0) is 22.5 Å². The summed E-state index contributed by atoms with van der Waals surface area (Å²) >= 11 is 0. The quantitative estimate of drug-likeness (QED) is 0.685. The predicted octanol–water partition coefficient (Wildman–Crippen LogP) is 3.41. The SMILES string of the molecule is CC(C)S(C)(=O)=NCc1cn2cc(-c3noc(C(F)(F)F)n3)ccc2n1. The fourth-order valence-corrected chi connectivity index (χ4v) is 2.74. The van der Waals surface area contributed by atoms with Crippen LogP contribution in [-0.4, -0.2) is 35.2 Å². The van der Waals surface area contributed by atoms with E-state index < -0.39 is 21.8 Å². The Morgan fingerprint density at radius 3 is 2.62 bits per heavy atom. The molecule has 1 atom stereocenters. The second-order valence-electron chi connectivity index (χ2n) is 6.03. The highest BCUT2D eigenvalue weighted by Gasteiger charge is 2.38. The molecule has 0 N–H and O–H groups in total. The summed E-state index contributed by atoms with van der Waals surface area (Å²) in [6.45, 7) is 3.86. The third-order valence-corrected chi connectivity index (χ3v) is 6.18. The molecular formula is C15H16F3N5O2S. The van der Waals surface area contributed by atoms with Gasteiger partial charge in [-0.15, -0.1) is 0 Å². The molecule has 0 aromatic carbocycles. The highest BCUT2D eigenvalue weighted by molar-refractivity contribution is 7.93. The van der Waals surface area contributed by atoms with Gasteiger partial charge in [0.1, 0.15) is 5.65 Å². The van der Waals surface area contributed by atoms with E-state index in [1.165, 1.54) is 0 Å². The molecule has 0 radical (unpaired) electrons. The van der Waals surface area contributed by atoms with Crippen LogP contribution < -0.4 is 0 Å². The normalized spacial score (nSPS) is 14.7. The Hall–Kier alpha value is -2.43. The molecule has 0 aliphatic carbocycles. The molecule has 1 unspecified atom stereocenters. The Kier molecular flexibility index (Phi) is 4.51. The van der Waals surface area contributed by atoms with Crippen LogP contribution in [0.15, 0.2) is 33.4 Å². The van der Waals surface area contributed by atoms with Crippen molar-refractivity contribution in [2.45, 2.75) is 31.8 Å². The minimum atomic E-state index is -4.69. The van der Waals surface area contributed by atoms with Gasteiger partial charge in [0, 0.05) is 39.2 Å². The monoisotopic (exact) mass is 387 g/mol. The number of rotatable bonds is 4. The Balaban J connectivity index is 1.91. The summed E-state index contributed by atoms with van der Waals surface area (Å²) in [6.07, 6.45) is 0.119. The first kappa shape index (κ1) is 18.4. The largest absolute Gasteiger partial charge is 0.471 e. The molecule has 0 aliphatic rings. The average molecular weight is 387 g/mol. The molecular weight excluding hydrogens is 371 g/mol. The van der Waals surface area contributed by atoms with E-state index in [4.69, 9.17) is 0 Å². The van der Waals surface area contributed by atoms with Gasteiger partial charge in [0.15, 0.2) is 0 Å². The van der Waals surface area contributed by atoms with Crippen LogP contribution in [0.5, 0.6) is 0 Å². The lowest BCUT2D eigenvalue weighted by Gasteiger charge is -2.06. The number of nitrogens with zero attached hydrogens (tertiary/aromatic N) is 5. The maximum atomic E-state index is 12.6. The van der Waals surface area contributed by atoms with Gasteiger partial charge >= 0.3 is 12.1 Å². The van der Waals surface area contributed by atoms with Gasteiger partial charge in [-0.2, -0.15) is 18.2 Å². The van der Waals surface area contributed by atoms with Crippen LogP contribution >= 0.6 is 0 Å². The van der Waals surface area contributed by atoms with Crippen LogP contribution in [0.1, 0.15) is 25.4 Å². The van der Waals surface area contributed by atoms with Crippen molar-refractivity contribution in [3.05, 3.63) is 36.1 Å². The maximum Gasteiger partial charge on any atom is 0.471 e. The van der Waals surface area contributed by atoms with Crippen LogP contribution in [0, 0.1) is 0 Å². The molecule has 0 saturated carbocycles. The molecule has 11 heteroatoms. The van der Waals surface area contributed by atoms with Gasteiger partial charge in [-0.25, -0.2) is 13.6 Å². The number of hydrogen-bond donors (Lipinski definition) is 0. The summed E-state index contributed by atoms with van der Waals surface area (Å²) in [6, 6.07) is 3.17.